The SMILES string of the molecule is O=C(c1cc2ccccc2oc1=O)N1CCn2nc(C3CC3)cc2C1. The first-order chi connectivity index (χ1) is 12.2. The highest BCUT2D eigenvalue weighted by Gasteiger charge is 2.30. The van der Waals surface area contributed by atoms with Crippen LogP contribution in [0.15, 0.2) is 45.6 Å². The Morgan fingerprint density at radius 1 is 1.16 bits per heavy atom. The smallest absolute Gasteiger partial charge is 0.349 e. The van der Waals surface area contributed by atoms with Crippen molar-refractivity contribution in [2.75, 3.05) is 6.54 Å². The van der Waals surface area contributed by atoms with E-state index in [1.165, 1.54) is 12.8 Å². The van der Waals surface area contributed by atoms with Crippen LogP contribution in [0.5, 0.6) is 0 Å². The molecular formula is C19H17N3O3. The fraction of sp³-hybridized carbons (Fsp3) is 0.316. The summed E-state index contributed by atoms with van der Waals surface area (Å²) in [7, 11) is 0. The van der Waals surface area contributed by atoms with Crippen molar-refractivity contribution in [3.8, 4) is 0 Å². The number of para-hydroxylation sites is 1. The quantitative estimate of drug-likeness (QED) is 0.675. The molecule has 0 atom stereocenters. The molecule has 1 aliphatic carbocycles. The summed E-state index contributed by atoms with van der Waals surface area (Å²) >= 11 is 0. The van der Waals surface area contributed by atoms with Crippen molar-refractivity contribution in [3.05, 3.63) is 63.8 Å². The Morgan fingerprint density at radius 2 is 2.00 bits per heavy atom. The maximum Gasteiger partial charge on any atom is 0.349 e. The monoisotopic (exact) mass is 335 g/mol. The first kappa shape index (κ1) is 14.5. The third-order valence-electron chi connectivity index (χ3n) is 4.97. The van der Waals surface area contributed by atoms with Gasteiger partial charge in [-0.1, -0.05) is 18.2 Å². The summed E-state index contributed by atoms with van der Waals surface area (Å²) < 4.78 is 7.28. The Kier molecular flexibility index (Phi) is 3.07. The summed E-state index contributed by atoms with van der Waals surface area (Å²) in [5.74, 6) is 0.315. The van der Waals surface area contributed by atoms with Crippen LogP contribution in [-0.4, -0.2) is 27.1 Å². The van der Waals surface area contributed by atoms with Gasteiger partial charge in [0, 0.05) is 17.8 Å². The number of benzene rings is 1. The van der Waals surface area contributed by atoms with Crippen molar-refractivity contribution in [1.29, 1.82) is 0 Å². The fourth-order valence-electron chi connectivity index (χ4n) is 3.42. The van der Waals surface area contributed by atoms with Gasteiger partial charge >= 0.3 is 5.63 Å². The first-order valence-corrected chi connectivity index (χ1v) is 8.58. The lowest BCUT2D eigenvalue weighted by Gasteiger charge is -2.27. The summed E-state index contributed by atoms with van der Waals surface area (Å²) in [6, 6.07) is 10.9. The van der Waals surface area contributed by atoms with Crippen molar-refractivity contribution >= 4 is 16.9 Å². The largest absolute Gasteiger partial charge is 0.422 e. The molecule has 1 amide bonds. The van der Waals surface area contributed by atoms with E-state index >= 15 is 0 Å². The van der Waals surface area contributed by atoms with Gasteiger partial charge in [0.2, 0.25) is 0 Å². The van der Waals surface area contributed by atoms with Crippen LogP contribution < -0.4 is 5.63 Å². The normalized spacial score (nSPS) is 16.9. The molecule has 0 bridgehead atoms. The molecule has 2 aliphatic rings. The molecule has 25 heavy (non-hydrogen) atoms. The van der Waals surface area contributed by atoms with Crippen molar-refractivity contribution in [2.45, 2.75) is 31.8 Å². The predicted octanol–water partition coefficient (Wildman–Crippen LogP) is 2.52. The number of amides is 1. The number of nitrogens with zero attached hydrogens (tertiary/aromatic N) is 3. The van der Waals surface area contributed by atoms with E-state index in [2.05, 4.69) is 11.2 Å². The van der Waals surface area contributed by atoms with Crippen LogP contribution in [0.2, 0.25) is 0 Å². The molecule has 1 aliphatic heterocycles. The second-order valence-corrected chi connectivity index (χ2v) is 6.77. The molecule has 0 N–H and O–H groups in total. The molecule has 6 nitrogen and oxygen atoms in total. The van der Waals surface area contributed by atoms with Gasteiger partial charge in [-0.2, -0.15) is 5.10 Å². The predicted molar refractivity (Wildman–Crippen MR) is 91.4 cm³/mol. The molecule has 1 fully saturated rings. The van der Waals surface area contributed by atoms with Gasteiger partial charge in [0.25, 0.3) is 5.91 Å². The lowest BCUT2D eigenvalue weighted by Crippen LogP contribution is -2.40. The first-order valence-electron chi connectivity index (χ1n) is 8.58. The van der Waals surface area contributed by atoms with Crippen molar-refractivity contribution < 1.29 is 9.21 Å². The highest BCUT2D eigenvalue weighted by Crippen LogP contribution is 2.39. The van der Waals surface area contributed by atoms with Gasteiger partial charge in [-0.25, -0.2) is 4.79 Å². The Hall–Kier alpha value is -2.89. The standard InChI is InChI=1S/C19H17N3O3/c23-18(15-9-13-3-1-2-4-17(13)25-19(15)24)21-7-8-22-14(11-21)10-16(20-22)12-5-6-12/h1-4,9-10,12H,5-8,11H2. The maximum atomic E-state index is 12.9. The van der Waals surface area contributed by atoms with Gasteiger partial charge in [0.15, 0.2) is 0 Å². The van der Waals surface area contributed by atoms with E-state index in [9.17, 15) is 9.59 Å². The van der Waals surface area contributed by atoms with Crippen LogP contribution in [0.1, 0.15) is 40.5 Å². The van der Waals surface area contributed by atoms with E-state index in [-0.39, 0.29) is 11.5 Å². The third-order valence-corrected chi connectivity index (χ3v) is 4.97. The molecule has 3 heterocycles. The second-order valence-electron chi connectivity index (χ2n) is 6.77. The van der Waals surface area contributed by atoms with Crippen molar-refractivity contribution in [2.24, 2.45) is 0 Å². The van der Waals surface area contributed by atoms with Crippen LogP contribution in [0.3, 0.4) is 0 Å². The minimum Gasteiger partial charge on any atom is -0.422 e. The number of carbonyl (C=O) groups excluding carboxylic acids is 1. The Labute approximate surface area is 143 Å². The second kappa shape index (κ2) is 5.31. The van der Waals surface area contributed by atoms with E-state index < -0.39 is 5.63 Å². The summed E-state index contributed by atoms with van der Waals surface area (Å²) in [5.41, 5.74) is 2.17. The molecule has 1 aromatic carbocycles. The summed E-state index contributed by atoms with van der Waals surface area (Å²) in [4.78, 5) is 26.8. The van der Waals surface area contributed by atoms with E-state index in [4.69, 9.17) is 4.42 Å². The number of rotatable bonds is 2. The Morgan fingerprint density at radius 3 is 2.84 bits per heavy atom. The summed E-state index contributed by atoms with van der Waals surface area (Å²) in [5, 5.41) is 5.39. The average molecular weight is 335 g/mol. The minimum absolute atomic E-state index is 0.0917. The molecule has 5 rings (SSSR count). The van der Waals surface area contributed by atoms with Gasteiger partial charge in [0.05, 0.1) is 24.5 Å². The fourth-order valence-corrected chi connectivity index (χ4v) is 3.42. The number of carbonyl (C=O) groups is 1. The third kappa shape index (κ3) is 2.45. The topological polar surface area (TPSA) is 68.3 Å². The maximum absolute atomic E-state index is 12.9. The van der Waals surface area contributed by atoms with Gasteiger partial charge < -0.3 is 9.32 Å². The van der Waals surface area contributed by atoms with Crippen molar-refractivity contribution in [3.63, 3.8) is 0 Å². The van der Waals surface area contributed by atoms with Crippen LogP contribution in [0, 0.1) is 0 Å². The molecule has 0 radical (unpaired) electrons. The van der Waals surface area contributed by atoms with Gasteiger partial charge in [-0.15, -0.1) is 0 Å². The van der Waals surface area contributed by atoms with Gasteiger partial charge in [-0.05, 0) is 31.0 Å². The molecule has 0 unspecified atom stereocenters. The molecule has 0 spiro atoms. The molecule has 1 saturated carbocycles. The zero-order valence-electron chi connectivity index (χ0n) is 13.6. The molecular weight excluding hydrogens is 318 g/mol. The van der Waals surface area contributed by atoms with E-state index in [0.29, 0.717) is 31.1 Å². The summed E-state index contributed by atoms with van der Waals surface area (Å²) in [6.07, 6.45) is 2.41. The van der Waals surface area contributed by atoms with Gasteiger partial charge in [0.1, 0.15) is 11.1 Å². The lowest BCUT2D eigenvalue weighted by molar-refractivity contribution is 0.0702. The zero-order valence-corrected chi connectivity index (χ0v) is 13.6. The van der Waals surface area contributed by atoms with Crippen LogP contribution >= 0.6 is 0 Å². The van der Waals surface area contributed by atoms with E-state index in [1.54, 1.807) is 23.1 Å². The zero-order chi connectivity index (χ0) is 17.0. The molecule has 126 valence electrons. The molecule has 2 aromatic heterocycles. The number of fused-ring (bicyclic) bond motifs is 2. The van der Waals surface area contributed by atoms with Gasteiger partial charge in [-0.3, -0.25) is 9.48 Å². The van der Waals surface area contributed by atoms with Crippen LogP contribution in [-0.2, 0) is 13.1 Å². The van der Waals surface area contributed by atoms with Crippen LogP contribution in [0.25, 0.3) is 11.0 Å². The number of hydrogen-bond acceptors (Lipinski definition) is 4. The van der Waals surface area contributed by atoms with E-state index in [1.807, 2.05) is 16.8 Å². The molecule has 3 aromatic rings. The minimum atomic E-state index is -0.582. The number of hydrogen-bond donors (Lipinski definition) is 0. The number of aromatic nitrogens is 2. The Bertz CT molecular complexity index is 1050. The average Bonchev–Trinajstić information content (AvgIpc) is 3.39. The molecule has 0 saturated heterocycles. The lowest BCUT2D eigenvalue weighted by atomic mass is 10.1. The highest BCUT2D eigenvalue weighted by atomic mass is 16.4. The summed E-state index contributed by atoms with van der Waals surface area (Å²) in [6.45, 7) is 1.68. The van der Waals surface area contributed by atoms with Crippen LogP contribution in [0.4, 0.5) is 0 Å². The molecule has 6 heteroatoms. The Balaban J connectivity index is 1.46. The van der Waals surface area contributed by atoms with E-state index in [0.717, 1.165) is 16.8 Å². The van der Waals surface area contributed by atoms with Crippen molar-refractivity contribution in [1.82, 2.24) is 14.7 Å². The highest BCUT2D eigenvalue weighted by molar-refractivity contribution is 5.96.